The van der Waals surface area contributed by atoms with Crippen LogP contribution in [-0.2, 0) is 10.3 Å². The monoisotopic (exact) mass is 343 g/mol. The summed E-state index contributed by atoms with van der Waals surface area (Å²) in [6.45, 7) is 12.6. The van der Waals surface area contributed by atoms with E-state index in [-0.39, 0.29) is 10.8 Å². The van der Waals surface area contributed by atoms with E-state index in [9.17, 15) is 4.79 Å². The van der Waals surface area contributed by atoms with Crippen LogP contribution in [0.5, 0.6) is 0 Å². The molecule has 1 aromatic heterocycles. The van der Waals surface area contributed by atoms with Crippen LogP contribution in [0.2, 0.25) is 0 Å². The minimum atomic E-state index is -0.559. The largest absolute Gasteiger partial charge is 0.433 e. The van der Waals surface area contributed by atoms with Gasteiger partial charge in [0.05, 0.1) is 11.4 Å². The highest BCUT2D eigenvalue weighted by molar-refractivity contribution is 8.01. The molecule has 0 spiro atoms. The smallest absolute Gasteiger partial charge is 0.323 e. The van der Waals surface area contributed by atoms with Gasteiger partial charge in [0.15, 0.2) is 4.34 Å². The Balaban J connectivity index is 2.76. The van der Waals surface area contributed by atoms with Crippen LogP contribution >= 0.6 is 23.1 Å². The second kappa shape index (κ2) is 7.46. The number of thiazole rings is 1. The standard InChI is InChI=1S/C15H25N3O2S2/c1-14(2,3)10-8-21-13(17-10)22-9-11(15(4,5)6)18-20-12(19)16-7/h8H,9H2,1-7H3,(H,16,19)/b18-11-. The van der Waals surface area contributed by atoms with E-state index >= 15 is 0 Å². The van der Waals surface area contributed by atoms with Gasteiger partial charge in [0.25, 0.3) is 0 Å². The Labute approximate surface area is 140 Å². The molecule has 0 aliphatic carbocycles. The highest BCUT2D eigenvalue weighted by Crippen LogP contribution is 2.30. The summed E-state index contributed by atoms with van der Waals surface area (Å²) in [6, 6.07) is 0. The number of aromatic nitrogens is 1. The van der Waals surface area contributed by atoms with Crippen LogP contribution in [0.4, 0.5) is 4.79 Å². The van der Waals surface area contributed by atoms with Crippen molar-refractivity contribution in [2.45, 2.75) is 51.3 Å². The molecule has 1 aromatic rings. The highest BCUT2D eigenvalue weighted by Gasteiger charge is 2.22. The Kier molecular flexibility index (Phi) is 6.43. The van der Waals surface area contributed by atoms with E-state index in [1.165, 1.54) is 7.05 Å². The van der Waals surface area contributed by atoms with Crippen molar-refractivity contribution in [3.05, 3.63) is 11.1 Å². The molecule has 22 heavy (non-hydrogen) atoms. The van der Waals surface area contributed by atoms with Gasteiger partial charge in [0, 0.05) is 29.0 Å². The first-order valence-electron chi connectivity index (χ1n) is 7.09. The molecule has 1 amide bonds. The number of hydrogen-bond donors (Lipinski definition) is 1. The molecule has 0 aliphatic heterocycles. The molecular formula is C15H25N3O2S2. The number of nitrogens with one attached hydrogen (secondary N) is 1. The lowest BCUT2D eigenvalue weighted by molar-refractivity contribution is 0.152. The van der Waals surface area contributed by atoms with Gasteiger partial charge in [0.2, 0.25) is 0 Å². The molecule has 5 nitrogen and oxygen atoms in total. The Hall–Kier alpha value is -1.08. The van der Waals surface area contributed by atoms with E-state index in [0.717, 1.165) is 15.7 Å². The van der Waals surface area contributed by atoms with Gasteiger partial charge >= 0.3 is 6.09 Å². The summed E-state index contributed by atoms with van der Waals surface area (Å²) in [4.78, 5) is 20.7. The number of carbonyl (C=O) groups excluding carboxylic acids is 1. The molecule has 1 rings (SSSR count). The fourth-order valence-corrected chi connectivity index (χ4v) is 3.59. The van der Waals surface area contributed by atoms with Crippen LogP contribution in [0.3, 0.4) is 0 Å². The molecule has 0 bridgehead atoms. The number of rotatable bonds is 4. The molecule has 124 valence electrons. The van der Waals surface area contributed by atoms with Crippen LogP contribution in [0.25, 0.3) is 0 Å². The SMILES string of the molecule is CNC(=O)O/N=C(/CSc1nc(C(C)(C)C)cs1)C(C)(C)C. The maximum Gasteiger partial charge on any atom is 0.433 e. The van der Waals surface area contributed by atoms with E-state index < -0.39 is 6.09 Å². The number of thioether (sulfide) groups is 1. The van der Waals surface area contributed by atoms with Crippen molar-refractivity contribution in [3.63, 3.8) is 0 Å². The van der Waals surface area contributed by atoms with Gasteiger partial charge in [0.1, 0.15) is 0 Å². The molecule has 0 saturated carbocycles. The summed E-state index contributed by atoms with van der Waals surface area (Å²) in [5.74, 6) is 0.636. The van der Waals surface area contributed by atoms with Crippen LogP contribution in [0, 0.1) is 5.41 Å². The quantitative estimate of drug-likeness (QED) is 0.383. The van der Waals surface area contributed by atoms with Gasteiger partial charge in [-0.3, -0.25) is 4.84 Å². The molecule has 0 radical (unpaired) electrons. The lowest BCUT2D eigenvalue weighted by Gasteiger charge is -2.19. The van der Waals surface area contributed by atoms with Gasteiger partial charge in [-0.05, 0) is 0 Å². The zero-order valence-electron chi connectivity index (χ0n) is 14.3. The molecule has 1 N–H and O–H groups in total. The van der Waals surface area contributed by atoms with E-state index in [0.29, 0.717) is 5.75 Å². The highest BCUT2D eigenvalue weighted by atomic mass is 32.2. The number of hydrogen-bond acceptors (Lipinski definition) is 6. The summed E-state index contributed by atoms with van der Waals surface area (Å²) in [7, 11) is 1.51. The molecule has 1 heterocycles. The van der Waals surface area contributed by atoms with Crippen LogP contribution < -0.4 is 5.32 Å². The van der Waals surface area contributed by atoms with Gasteiger partial charge in [-0.25, -0.2) is 9.78 Å². The zero-order valence-corrected chi connectivity index (χ0v) is 15.9. The number of amides is 1. The third kappa shape index (κ3) is 5.96. The minimum Gasteiger partial charge on any atom is -0.323 e. The first kappa shape index (κ1) is 19.0. The number of oxime groups is 1. The number of carbonyl (C=O) groups is 1. The number of nitrogens with zero attached hydrogens (tertiary/aromatic N) is 2. The first-order chi connectivity index (χ1) is 10.0. The molecule has 0 atom stereocenters. The van der Waals surface area contributed by atoms with Crippen molar-refractivity contribution in [3.8, 4) is 0 Å². The van der Waals surface area contributed by atoms with Crippen LogP contribution in [0.15, 0.2) is 14.9 Å². The van der Waals surface area contributed by atoms with Crippen molar-refractivity contribution >= 4 is 34.9 Å². The van der Waals surface area contributed by atoms with Gasteiger partial charge in [-0.2, -0.15) is 0 Å². The second-order valence-corrected chi connectivity index (χ2v) is 9.03. The second-order valence-electron chi connectivity index (χ2n) is 6.95. The third-order valence-corrected chi connectivity index (χ3v) is 4.92. The van der Waals surface area contributed by atoms with Gasteiger partial charge in [-0.1, -0.05) is 58.5 Å². The maximum absolute atomic E-state index is 11.2. The van der Waals surface area contributed by atoms with E-state index in [2.05, 4.69) is 41.6 Å². The van der Waals surface area contributed by atoms with Gasteiger partial charge < -0.3 is 5.32 Å². The average Bonchev–Trinajstić information content (AvgIpc) is 2.85. The fraction of sp³-hybridized carbons (Fsp3) is 0.667. The topological polar surface area (TPSA) is 63.6 Å². The van der Waals surface area contributed by atoms with E-state index in [1.807, 2.05) is 20.8 Å². The predicted octanol–water partition coefficient (Wildman–Crippen LogP) is 4.29. The molecule has 0 saturated heterocycles. The lowest BCUT2D eigenvalue weighted by atomic mass is 9.91. The minimum absolute atomic E-state index is 0.0541. The summed E-state index contributed by atoms with van der Waals surface area (Å²) < 4.78 is 1.00. The van der Waals surface area contributed by atoms with Crippen molar-refractivity contribution in [2.24, 2.45) is 10.6 Å². The van der Waals surface area contributed by atoms with Gasteiger partial charge in [-0.15, -0.1) is 11.3 Å². The van der Waals surface area contributed by atoms with Crippen molar-refractivity contribution in [1.29, 1.82) is 0 Å². The summed E-state index contributed by atoms with van der Waals surface area (Å²) in [6.07, 6.45) is -0.559. The summed E-state index contributed by atoms with van der Waals surface area (Å²) in [5.41, 5.74) is 1.79. The molecule has 0 aliphatic rings. The Morgan fingerprint density at radius 1 is 1.36 bits per heavy atom. The van der Waals surface area contributed by atoms with E-state index in [1.54, 1.807) is 23.1 Å². The van der Waals surface area contributed by atoms with Crippen LogP contribution in [-0.4, -0.2) is 29.6 Å². The Bertz CT molecular complexity index is 540. The summed E-state index contributed by atoms with van der Waals surface area (Å²) >= 11 is 3.25. The van der Waals surface area contributed by atoms with Crippen molar-refractivity contribution < 1.29 is 9.63 Å². The predicted molar refractivity (Wildman–Crippen MR) is 94.0 cm³/mol. The zero-order chi connectivity index (χ0) is 17.0. The Morgan fingerprint density at radius 2 is 2.00 bits per heavy atom. The first-order valence-corrected chi connectivity index (χ1v) is 8.95. The van der Waals surface area contributed by atoms with Crippen molar-refractivity contribution in [1.82, 2.24) is 10.3 Å². The fourth-order valence-electron chi connectivity index (χ4n) is 1.32. The average molecular weight is 344 g/mol. The molecule has 0 unspecified atom stereocenters. The molecule has 0 fully saturated rings. The molecule has 0 aromatic carbocycles. The van der Waals surface area contributed by atoms with Crippen LogP contribution in [0.1, 0.15) is 47.2 Å². The molecular weight excluding hydrogens is 318 g/mol. The third-order valence-electron chi connectivity index (χ3n) is 2.89. The normalized spacial score (nSPS) is 13.1. The van der Waals surface area contributed by atoms with Crippen molar-refractivity contribution in [2.75, 3.05) is 12.8 Å². The maximum atomic E-state index is 11.2. The molecule has 7 heteroatoms. The lowest BCUT2D eigenvalue weighted by Crippen LogP contribution is -2.25. The van der Waals surface area contributed by atoms with E-state index in [4.69, 9.17) is 4.84 Å². The Morgan fingerprint density at radius 3 is 2.45 bits per heavy atom. The summed E-state index contributed by atoms with van der Waals surface area (Å²) in [5, 5.41) is 8.47.